The largest absolute Gasteiger partial charge is 0.504 e. The fourth-order valence-corrected chi connectivity index (χ4v) is 2.43. The van der Waals surface area contributed by atoms with E-state index in [1.807, 2.05) is 53.7 Å². The minimum absolute atomic E-state index is 0.175. The molecule has 0 aromatic heterocycles. The second kappa shape index (κ2) is 5.30. The van der Waals surface area contributed by atoms with Crippen LogP contribution in [0.3, 0.4) is 0 Å². The van der Waals surface area contributed by atoms with Gasteiger partial charge in [-0.25, -0.2) is 0 Å². The molecule has 0 saturated carbocycles. The van der Waals surface area contributed by atoms with Crippen LogP contribution in [0.25, 0.3) is 0 Å². The Morgan fingerprint density at radius 3 is 1.71 bits per heavy atom. The number of hydrogen-bond donors (Lipinski definition) is 2. The van der Waals surface area contributed by atoms with E-state index >= 15 is 0 Å². The van der Waals surface area contributed by atoms with Crippen LogP contribution < -0.4 is 0 Å². The number of rotatable bonds is 1. The highest BCUT2D eigenvalue weighted by atomic mass is 16.3. The lowest BCUT2D eigenvalue weighted by Gasteiger charge is -2.29. The molecule has 0 bridgehead atoms. The normalized spacial score (nSPS) is 12.0. The van der Waals surface area contributed by atoms with Crippen molar-refractivity contribution in [1.29, 1.82) is 10.5 Å². The molecule has 0 unspecified atom stereocenters. The third kappa shape index (κ3) is 3.11. The molecule has 0 aliphatic rings. The molecule has 2 N–H and O–H groups in total. The van der Waals surface area contributed by atoms with Crippen LogP contribution in [-0.2, 0) is 10.8 Å². The molecule has 21 heavy (non-hydrogen) atoms. The highest BCUT2D eigenvalue weighted by Crippen LogP contribution is 2.47. The molecule has 4 nitrogen and oxygen atoms in total. The maximum atomic E-state index is 10.4. The molecule has 112 valence electrons. The van der Waals surface area contributed by atoms with Crippen molar-refractivity contribution < 1.29 is 10.2 Å². The molecule has 0 radical (unpaired) electrons. The smallest absolute Gasteiger partial charge is 0.161 e. The predicted molar refractivity (Wildman–Crippen MR) is 81.1 cm³/mol. The molecule has 0 atom stereocenters. The van der Waals surface area contributed by atoms with Gasteiger partial charge in [-0.1, -0.05) is 41.5 Å². The van der Waals surface area contributed by atoms with Crippen LogP contribution in [0.1, 0.15) is 64.2 Å². The Labute approximate surface area is 126 Å². The molecule has 0 aliphatic carbocycles. The van der Waals surface area contributed by atoms with Gasteiger partial charge in [0.1, 0.15) is 0 Å². The van der Waals surface area contributed by atoms with E-state index in [1.54, 1.807) is 6.07 Å². The van der Waals surface area contributed by atoms with Gasteiger partial charge in [-0.2, -0.15) is 10.5 Å². The van der Waals surface area contributed by atoms with Crippen LogP contribution in [-0.4, -0.2) is 10.2 Å². The van der Waals surface area contributed by atoms with Crippen LogP contribution in [0.2, 0.25) is 0 Å². The first-order valence-corrected chi connectivity index (χ1v) is 6.84. The molecule has 0 aliphatic heterocycles. The molecule has 1 aromatic carbocycles. The van der Waals surface area contributed by atoms with E-state index in [1.165, 1.54) is 0 Å². The van der Waals surface area contributed by atoms with E-state index in [0.717, 1.165) is 0 Å². The summed E-state index contributed by atoms with van der Waals surface area (Å²) in [5.41, 5.74) is 0.522. The number of benzene rings is 1. The fraction of sp³-hybridized carbons (Fsp3) is 0.529. The number of phenolic OH excluding ortho intramolecular Hbond substituents is 2. The predicted octanol–water partition coefficient (Wildman–Crippen LogP) is 3.82. The monoisotopic (exact) mass is 286 g/mol. The van der Waals surface area contributed by atoms with E-state index in [4.69, 9.17) is 0 Å². The molecule has 0 amide bonds. The summed E-state index contributed by atoms with van der Waals surface area (Å²) in [7, 11) is 0. The second-order valence-electron chi connectivity index (χ2n) is 7.28. The van der Waals surface area contributed by atoms with Gasteiger partial charge >= 0.3 is 0 Å². The first-order chi connectivity index (χ1) is 9.45. The molecule has 1 aromatic rings. The zero-order chi connectivity index (χ0) is 16.6. The molecule has 4 heteroatoms. The van der Waals surface area contributed by atoms with Crippen LogP contribution >= 0.6 is 0 Å². The Kier molecular flexibility index (Phi) is 4.25. The van der Waals surface area contributed by atoms with Crippen molar-refractivity contribution in [3.8, 4) is 23.6 Å². The van der Waals surface area contributed by atoms with Gasteiger partial charge in [0.15, 0.2) is 17.4 Å². The molecule has 0 saturated heterocycles. The van der Waals surface area contributed by atoms with E-state index in [2.05, 4.69) is 0 Å². The van der Waals surface area contributed by atoms with Crippen LogP contribution in [0.15, 0.2) is 6.07 Å². The Bertz CT molecular complexity index is 621. The zero-order valence-corrected chi connectivity index (χ0v) is 13.4. The Balaban J connectivity index is 3.88. The molecule has 0 spiro atoms. The summed E-state index contributed by atoms with van der Waals surface area (Å²) in [4.78, 5) is 0. The lowest BCUT2D eigenvalue weighted by atomic mass is 9.75. The van der Waals surface area contributed by atoms with Gasteiger partial charge in [-0.15, -0.1) is 0 Å². The van der Waals surface area contributed by atoms with Gasteiger partial charge in [0, 0.05) is 11.1 Å². The SMILES string of the molecule is CC(C)(C)c1cc(C(C#N)C#N)c(C(C)(C)C)c(O)c1O. The zero-order valence-electron chi connectivity index (χ0n) is 13.4. The molecule has 0 fully saturated rings. The maximum Gasteiger partial charge on any atom is 0.161 e. The fourth-order valence-electron chi connectivity index (χ4n) is 2.43. The third-order valence-corrected chi connectivity index (χ3v) is 3.43. The third-order valence-electron chi connectivity index (χ3n) is 3.43. The summed E-state index contributed by atoms with van der Waals surface area (Å²) in [6.07, 6.45) is 0. The molecule has 1 rings (SSSR count). The average Bonchev–Trinajstić information content (AvgIpc) is 2.31. The van der Waals surface area contributed by atoms with Gasteiger partial charge in [-0.05, 0) is 22.5 Å². The minimum Gasteiger partial charge on any atom is -0.504 e. The van der Waals surface area contributed by atoms with Gasteiger partial charge in [0.25, 0.3) is 0 Å². The van der Waals surface area contributed by atoms with E-state index in [9.17, 15) is 20.7 Å². The lowest BCUT2D eigenvalue weighted by Crippen LogP contribution is -2.19. The Morgan fingerprint density at radius 2 is 1.38 bits per heavy atom. The highest BCUT2D eigenvalue weighted by molar-refractivity contribution is 5.60. The summed E-state index contributed by atoms with van der Waals surface area (Å²) in [6, 6.07) is 5.58. The summed E-state index contributed by atoms with van der Waals surface area (Å²) in [5.74, 6) is -1.39. The van der Waals surface area contributed by atoms with Crippen molar-refractivity contribution in [3.05, 3.63) is 22.8 Å². The average molecular weight is 286 g/mol. The van der Waals surface area contributed by atoms with Crippen molar-refractivity contribution in [3.63, 3.8) is 0 Å². The quantitative estimate of drug-likeness (QED) is 0.768. The molecule has 0 heterocycles. The summed E-state index contributed by atoms with van der Waals surface area (Å²) < 4.78 is 0. The number of hydrogen-bond acceptors (Lipinski definition) is 4. The van der Waals surface area contributed by atoms with Gasteiger partial charge in [0.2, 0.25) is 0 Å². The summed E-state index contributed by atoms with van der Waals surface area (Å²) >= 11 is 0. The number of nitrogens with zero attached hydrogens (tertiary/aromatic N) is 2. The minimum atomic E-state index is -0.980. The van der Waals surface area contributed by atoms with Gasteiger partial charge < -0.3 is 10.2 Å². The van der Waals surface area contributed by atoms with Crippen molar-refractivity contribution in [2.24, 2.45) is 0 Å². The Morgan fingerprint density at radius 1 is 0.905 bits per heavy atom. The maximum absolute atomic E-state index is 10.4. The van der Waals surface area contributed by atoms with Crippen LogP contribution in [0, 0.1) is 22.7 Å². The Hall–Kier alpha value is -2.20. The highest BCUT2D eigenvalue weighted by Gasteiger charge is 2.32. The van der Waals surface area contributed by atoms with Crippen LogP contribution in [0.5, 0.6) is 11.5 Å². The molecular weight excluding hydrogens is 264 g/mol. The standard InChI is InChI=1S/C17H22N2O2/c1-16(2,3)12-7-11(10(8-18)9-19)13(17(4,5)6)15(21)14(12)20/h7,10,20-21H,1-6H3. The lowest BCUT2D eigenvalue weighted by molar-refractivity contribution is 0.375. The van der Waals surface area contributed by atoms with Crippen LogP contribution in [0.4, 0.5) is 0 Å². The van der Waals surface area contributed by atoms with Gasteiger partial charge in [0.05, 0.1) is 12.1 Å². The van der Waals surface area contributed by atoms with E-state index in [0.29, 0.717) is 16.7 Å². The van der Waals surface area contributed by atoms with Crippen molar-refractivity contribution in [1.82, 2.24) is 0 Å². The first kappa shape index (κ1) is 16.9. The van der Waals surface area contributed by atoms with Gasteiger partial charge in [-0.3, -0.25) is 0 Å². The van der Waals surface area contributed by atoms with Crippen molar-refractivity contribution >= 4 is 0 Å². The van der Waals surface area contributed by atoms with E-state index in [-0.39, 0.29) is 11.5 Å². The number of nitriles is 2. The first-order valence-electron chi connectivity index (χ1n) is 6.84. The molecular formula is C17H22N2O2. The summed E-state index contributed by atoms with van der Waals surface area (Å²) in [6.45, 7) is 11.3. The number of aromatic hydroxyl groups is 2. The topological polar surface area (TPSA) is 88.0 Å². The van der Waals surface area contributed by atoms with Crippen molar-refractivity contribution in [2.75, 3.05) is 0 Å². The number of phenols is 2. The summed E-state index contributed by atoms with van der Waals surface area (Å²) in [5, 5.41) is 39.2. The van der Waals surface area contributed by atoms with Crippen molar-refractivity contribution in [2.45, 2.75) is 58.3 Å². The van der Waals surface area contributed by atoms with E-state index < -0.39 is 16.7 Å². The second-order valence-corrected chi connectivity index (χ2v) is 7.28.